The van der Waals surface area contributed by atoms with Gasteiger partial charge in [0, 0.05) is 7.05 Å². The first-order valence-electron chi connectivity index (χ1n) is 5.49. The molecule has 0 N–H and O–H groups in total. The van der Waals surface area contributed by atoms with Gasteiger partial charge in [-0.05, 0) is 25.1 Å². The van der Waals surface area contributed by atoms with Crippen LogP contribution >= 0.6 is 11.6 Å². The standard InChI is InChI=1S/C12H13ClF3NO2/c1-3-19-11(18)7-17(2)10-5-4-8(6-9(10)13)12(14,15)16/h4-6H,3,7H2,1-2H3. The SMILES string of the molecule is CCOC(=O)CN(C)c1ccc(C(F)(F)F)cc1Cl. The molecule has 1 rings (SSSR count). The third kappa shape index (κ3) is 4.31. The second kappa shape index (κ2) is 6.14. The maximum atomic E-state index is 12.5. The molecule has 0 heterocycles. The molecule has 0 radical (unpaired) electrons. The molecule has 106 valence electrons. The number of alkyl halides is 3. The first kappa shape index (κ1) is 15.6. The third-order valence-corrected chi connectivity index (χ3v) is 2.66. The van der Waals surface area contributed by atoms with Gasteiger partial charge in [-0.3, -0.25) is 4.79 Å². The molecule has 0 aliphatic carbocycles. The van der Waals surface area contributed by atoms with Crippen molar-refractivity contribution in [3.8, 4) is 0 Å². The number of likely N-dealkylation sites (N-methyl/N-ethyl adjacent to an activating group) is 1. The Morgan fingerprint density at radius 2 is 2.05 bits per heavy atom. The van der Waals surface area contributed by atoms with Gasteiger partial charge in [0.2, 0.25) is 0 Å². The van der Waals surface area contributed by atoms with Crippen molar-refractivity contribution in [3.05, 3.63) is 28.8 Å². The van der Waals surface area contributed by atoms with E-state index in [0.717, 1.165) is 12.1 Å². The number of esters is 1. The second-order valence-electron chi connectivity index (χ2n) is 3.83. The summed E-state index contributed by atoms with van der Waals surface area (Å²) in [7, 11) is 1.55. The van der Waals surface area contributed by atoms with Crippen molar-refractivity contribution in [2.24, 2.45) is 0 Å². The predicted octanol–water partition coefficient (Wildman–Crippen LogP) is 3.36. The molecular formula is C12H13ClF3NO2. The molecule has 0 amide bonds. The van der Waals surface area contributed by atoms with E-state index < -0.39 is 17.7 Å². The highest BCUT2D eigenvalue weighted by atomic mass is 35.5. The van der Waals surface area contributed by atoms with Gasteiger partial charge in [0.15, 0.2) is 0 Å². The zero-order chi connectivity index (χ0) is 14.6. The number of rotatable bonds is 4. The summed E-state index contributed by atoms with van der Waals surface area (Å²) in [6, 6.07) is 2.98. The van der Waals surface area contributed by atoms with Crippen molar-refractivity contribution in [1.29, 1.82) is 0 Å². The van der Waals surface area contributed by atoms with Crippen molar-refractivity contribution in [1.82, 2.24) is 0 Å². The maximum absolute atomic E-state index is 12.5. The average Bonchev–Trinajstić information content (AvgIpc) is 2.27. The largest absolute Gasteiger partial charge is 0.465 e. The highest BCUT2D eigenvalue weighted by molar-refractivity contribution is 6.33. The smallest absolute Gasteiger partial charge is 0.416 e. The molecule has 1 aromatic rings. The molecule has 0 saturated heterocycles. The second-order valence-corrected chi connectivity index (χ2v) is 4.23. The fraction of sp³-hybridized carbons (Fsp3) is 0.417. The van der Waals surface area contributed by atoms with Crippen LogP contribution in [-0.2, 0) is 15.7 Å². The van der Waals surface area contributed by atoms with Crippen LogP contribution in [0, 0.1) is 0 Å². The van der Waals surface area contributed by atoms with E-state index in [9.17, 15) is 18.0 Å². The number of halogens is 4. The van der Waals surface area contributed by atoms with E-state index in [1.165, 1.54) is 11.0 Å². The Hall–Kier alpha value is -1.43. The van der Waals surface area contributed by atoms with Crippen LogP contribution in [-0.4, -0.2) is 26.2 Å². The molecule has 0 bridgehead atoms. The Bertz CT molecular complexity index is 463. The van der Waals surface area contributed by atoms with Crippen LogP contribution in [0.2, 0.25) is 5.02 Å². The maximum Gasteiger partial charge on any atom is 0.416 e. The minimum absolute atomic E-state index is 0.0679. The Morgan fingerprint density at radius 1 is 1.42 bits per heavy atom. The first-order chi connectivity index (χ1) is 8.75. The lowest BCUT2D eigenvalue weighted by Gasteiger charge is -2.20. The van der Waals surface area contributed by atoms with Crippen molar-refractivity contribution < 1.29 is 22.7 Å². The number of carbonyl (C=O) groups excluding carboxylic acids is 1. The molecule has 0 unspecified atom stereocenters. The van der Waals surface area contributed by atoms with Crippen LogP contribution in [0.5, 0.6) is 0 Å². The zero-order valence-electron chi connectivity index (χ0n) is 10.4. The van der Waals surface area contributed by atoms with E-state index in [2.05, 4.69) is 0 Å². The summed E-state index contributed by atoms with van der Waals surface area (Å²) in [4.78, 5) is 12.7. The molecule has 0 aliphatic heterocycles. The van der Waals surface area contributed by atoms with Gasteiger partial charge < -0.3 is 9.64 Å². The quantitative estimate of drug-likeness (QED) is 0.798. The van der Waals surface area contributed by atoms with Crippen LogP contribution in [0.3, 0.4) is 0 Å². The first-order valence-corrected chi connectivity index (χ1v) is 5.87. The van der Waals surface area contributed by atoms with Crippen molar-refractivity contribution >= 4 is 23.3 Å². The van der Waals surface area contributed by atoms with Gasteiger partial charge in [-0.2, -0.15) is 13.2 Å². The van der Waals surface area contributed by atoms with Gasteiger partial charge in [-0.25, -0.2) is 0 Å². The van der Waals surface area contributed by atoms with Crippen molar-refractivity contribution in [2.45, 2.75) is 13.1 Å². The highest BCUT2D eigenvalue weighted by Gasteiger charge is 2.31. The molecular weight excluding hydrogens is 283 g/mol. The summed E-state index contributed by atoms with van der Waals surface area (Å²) in [6.45, 7) is 1.83. The number of ether oxygens (including phenoxy) is 1. The Labute approximate surface area is 113 Å². The fourth-order valence-corrected chi connectivity index (χ4v) is 1.80. The summed E-state index contributed by atoms with van der Waals surface area (Å²) in [5.74, 6) is -0.471. The molecule has 3 nitrogen and oxygen atoms in total. The average molecular weight is 296 g/mol. The van der Waals surface area contributed by atoms with Gasteiger partial charge in [-0.1, -0.05) is 11.6 Å². The molecule has 1 aromatic carbocycles. The van der Waals surface area contributed by atoms with E-state index >= 15 is 0 Å². The summed E-state index contributed by atoms with van der Waals surface area (Å²) in [5.41, 5.74) is -0.492. The number of anilines is 1. The van der Waals surface area contributed by atoms with E-state index in [1.807, 2.05) is 0 Å². The summed E-state index contributed by atoms with van der Waals surface area (Å²) < 4.78 is 42.1. The van der Waals surface area contributed by atoms with Crippen LogP contribution in [0.25, 0.3) is 0 Å². The number of carbonyl (C=O) groups is 1. The summed E-state index contributed by atoms with van der Waals surface area (Å²) in [5, 5.41) is -0.0679. The lowest BCUT2D eigenvalue weighted by atomic mass is 10.2. The molecule has 7 heteroatoms. The molecule has 0 fully saturated rings. The van der Waals surface area contributed by atoms with E-state index in [4.69, 9.17) is 16.3 Å². The molecule has 0 spiro atoms. The molecule has 0 saturated carbocycles. The lowest BCUT2D eigenvalue weighted by Crippen LogP contribution is -2.27. The summed E-state index contributed by atoms with van der Waals surface area (Å²) >= 11 is 5.80. The molecule has 0 atom stereocenters. The van der Waals surface area contributed by atoms with Crippen molar-refractivity contribution in [3.63, 3.8) is 0 Å². The Balaban J connectivity index is 2.87. The predicted molar refractivity (Wildman–Crippen MR) is 66.4 cm³/mol. The van der Waals surface area contributed by atoms with Crippen LogP contribution in [0.1, 0.15) is 12.5 Å². The normalized spacial score (nSPS) is 11.3. The minimum atomic E-state index is -4.44. The molecule has 19 heavy (non-hydrogen) atoms. The van der Waals surface area contributed by atoms with E-state index in [1.54, 1.807) is 14.0 Å². The fourth-order valence-electron chi connectivity index (χ4n) is 1.48. The highest BCUT2D eigenvalue weighted by Crippen LogP contribution is 2.34. The summed E-state index contributed by atoms with van der Waals surface area (Å²) in [6.07, 6.45) is -4.44. The third-order valence-electron chi connectivity index (χ3n) is 2.36. The molecule has 0 aromatic heterocycles. The monoisotopic (exact) mass is 295 g/mol. The number of nitrogens with zero attached hydrogens (tertiary/aromatic N) is 1. The van der Waals surface area contributed by atoms with Gasteiger partial charge >= 0.3 is 12.1 Å². The Morgan fingerprint density at radius 3 is 2.53 bits per heavy atom. The van der Waals surface area contributed by atoms with Crippen molar-refractivity contribution in [2.75, 3.05) is 25.1 Å². The van der Waals surface area contributed by atoms with Gasteiger partial charge in [0.05, 0.1) is 22.9 Å². The van der Waals surface area contributed by atoms with Crippen LogP contribution in [0.4, 0.5) is 18.9 Å². The van der Waals surface area contributed by atoms with Crippen LogP contribution < -0.4 is 4.90 Å². The number of hydrogen-bond donors (Lipinski definition) is 0. The molecule has 0 aliphatic rings. The Kier molecular flexibility index (Phi) is 5.05. The minimum Gasteiger partial charge on any atom is -0.465 e. The van der Waals surface area contributed by atoms with Crippen LogP contribution in [0.15, 0.2) is 18.2 Å². The van der Waals surface area contributed by atoms with Gasteiger partial charge in [0.1, 0.15) is 6.54 Å². The topological polar surface area (TPSA) is 29.5 Å². The number of benzene rings is 1. The number of hydrogen-bond acceptors (Lipinski definition) is 3. The lowest BCUT2D eigenvalue weighted by molar-refractivity contribution is -0.141. The zero-order valence-corrected chi connectivity index (χ0v) is 11.2. The van der Waals surface area contributed by atoms with Gasteiger partial charge in [0.25, 0.3) is 0 Å². The van der Waals surface area contributed by atoms with E-state index in [0.29, 0.717) is 5.69 Å². The van der Waals surface area contributed by atoms with E-state index in [-0.39, 0.29) is 18.2 Å². The van der Waals surface area contributed by atoms with Gasteiger partial charge in [-0.15, -0.1) is 0 Å².